The van der Waals surface area contributed by atoms with Crippen molar-refractivity contribution in [1.29, 1.82) is 0 Å². The number of unbranched alkanes of at least 4 members (excludes halogenated alkanes) is 1. The Morgan fingerprint density at radius 3 is 1.42 bits per heavy atom. The second-order valence-electron chi connectivity index (χ2n) is 20.9. The van der Waals surface area contributed by atoms with Gasteiger partial charge >= 0.3 is 15.6 Å². The molecular weight excluding hydrogens is 1240 g/mol. The molecule has 0 spiro atoms. The average Bonchev–Trinajstić information content (AvgIpc) is 2.33. The monoisotopic (exact) mass is 1320 g/mol. The Bertz CT molecular complexity index is 2560. The maximum absolute atomic E-state index is 14.5. The number of nitrogens with one attached hydrogen (secondary N) is 4. The van der Waals surface area contributed by atoms with Crippen molar-refractivity contribution >= 4 is 50.9 Å². The molecule has 0 radical (unpaired) electrons. The molecule has 0 aliphatic carbocycles. The molecule has 4 saturated heterocycles. The van der Waals surface area contributed by atoms with Crippen molar-refractivity contribution < 1.29 is 161 Å². The topological polar surface area (TPSA) is 636 Å². The number of rotatable bonds is 30. The van der Waals surface area contributed by atoms with Crippen LogP contribution in [0.15, 0.2) is 24.3 Å². The lowest BCUT2D eigenvalue weighted by Crippen LogP contribution is -2.66. The molecule has 0 unspecified atom stereocenters. The summed E-state index contributed by atoms with van der Waals surface area (Å²) in [5, 5.41) is 138. The Labute approximate surface area is 499 Å². The molecule has 0 bridgehead atoms. The normalized spacial score (nSPS) is 34.7. The van der Waals surface area contributed by atoms with E-state index in [1.165, 1.54) is 12.1 Å². The highest BCUT2D eigenvalue weighted by atomic mass is 31.2. The first-order chi connectivity index (χ1) is 41.1. The summed E-state index contributed by atoms with van der Waals surface area (Å²) < 4.78 is 76.9. The maximum atomic E-state index is 14.5. The molecule has 504 valence electrons. The fourth-order valence-electron chi connectivity index (χ4n) is 9.48. The van der Waals surface area contributed by atoms with E-state index < -0.39 is 225 Å². The molecule has 88 heavy (non-hydrogen) atoms. The van der Waals surface area contributed by atoms with Gasteiger partial charge in [0.2, 0.25) is 23.6 Å². The summed E-state index contributed by atoms with van der Waals surface area (Å²) >= 11 is 0. The van der Waals surface area contributed by atoms with Gasteiger partial charge in [-0.15, -0.1) is 0 Å². The number of nitrogens with two attached hydrogens (primary N) is 2. The number of nitrogen functional groups attached to an aromatic ring is 1. The molecule has 5 amide bonds. The minimum atomic E-state index is -5.22. The number of hydrogen-bond donors (Lipinski definition) is 22. The zero-order valence-corrected chi connectivity index (χ0v) is 48.8. The number of carbonyl (C=O) groups excluding carboxylic acids is 5. The zero-order valence-electron chi connectivity index (χ0n) is 47.0. The van der Waals surface area contributed by atoms with Crippen LogP contribution in [0, 0.1) is 0 Å². The van der Waals surface area contributed by atoms with E-state index in [-0.39, 0.29) is 37.1 Å². The molecule has 4 aliphatic heterocycles. The van der Waals surface area contributed by atoms with Crippen LogP contribution in [-0.2, 0) is 75.3 Å². The van der Waals surface area contributed by atoms with E-state index in [0.29, 0.717) is 0 Å². The fourth-order valence-corrected chi connectivity index (χ4v) is 10.2. The quantitative estimate of drug-likeness (QED) is 0.0193. The minimum Gasteiger partial charge on any atom is -0.398 e. The third-order valence-electron chi connectivity index (χ3n) is 14.3. The van der Waals surface area contributed by atoms with Crippen LogP contribution in [0.5, 0.6) is 0 Å². The summed E-state index contributed by atoms with van der Waals surface area (Å²) in [6.07, 6.45) is -44.5. The Morgan fingerprint density at radius 2 is 1.00 bits per heavy atom. The third kappa shape index (κ3) is 20.1. The number of anilines is 1. The molecule has 1 aromatic carbocycles. The number of primary amides is 1. The summed E-state index contributed by atoms with van der Waals surface area (Å²) in [5.74, 6) is -5.29. The maximum Gasteiger partial charge on any atom is 0.469 e. The molecule has 0 aromatic heterocycles. The highest BCUT2D eigenvalue weighted by Crippen LogP contribution is 2.39. The van der Waals surface area contributed by atoms with Crippen LogP contribution in [0.2, 0.25) is 0 Å². The number of aliphatic hydroxyl groups is 12. The van der Waals surface area contributed by atoms with Crippen LogP contribution in [0.1, 0.15) is 50.4 Å². The van der Waals surface area contributed by atoms with Crippen molar-refractivity contribution in [3.05, 3.63) is 29.8 Å². The minimum absolute atomic E-state index is 0.0251. The van der Waals surface area contributed by atoms with Crippen LogP contribution < -0.4 is 32.7 Å². The molecule has 39 nitrogen and oxygen atoms in total. The molecule has 0 saturated carbocycles. The number of para-hydroxylation sites is 1. The first-order valence-corrected chi connectivity index (χ1v) is 30.1. The summed E-state index contributed by atoms with van der Waals surface area (Å²) in [6, 6.07) is 0.467. The van der Waals surface area contributed by atoms with Gasteiger partial charge in [-0.3, -0.25) is 33.0 Å². The van der Waals surface area contributed by atoms with Gasteiger partial charge in [0.1, 0.15) is 116 Å². The van der Waals surface area contributed by atoms with Gasteiger partial charge in [-0.25, -0.2) is 9.13 Å². The Balaban J connectivity index is 1.40. The Kier molecular flexibility index (Phi) is 27.8. The first kappa shape index (κ1) is 74.5. The summed E-state index contributed by atoms with van der Waals surface area (Å²) in [6.45, 7) is -1.04. The van der Waals surface area contributed by atoms with Gasteiger partial charge in [0.15, 0.2) is 25.2 Å². The van der Waals surface area contributed by atoms with Crippen molar-refractivity contribution in [1.82, 2.24) is 21.3 Å². The smallest absolute Gasteiger partial charge is 0.398 e. The van der Waals surface area contributed by atoms with E-state index in [0.717, 1.165) is 20.8 Å². The van der Waals surface area contributed by atoms with Crippen molar-refractivity contribution in [2.45, 2.75) is 193 Å². The lowest BCUT2D eigenvalue weighted by Gasteiger charge is -2.46. The predicted molar refractivity (Wildman–Crippen MR) is 283 cm³/mol. The summed E-state index contributed by atoms with van der Waals surface area (Å²) in [5.41, 5.74) is 12.0. The standard InChI is InChI=1S/C47H78N6O33P2/c1-16(79-46-38(34(63)28(57)22(12-54)81-46)85-44-36(65)32(61)30(59)24(83-44)14-77-87(71,72)73)26(40(49)67)53-42(69)21(10-6-7-11-50-41(68)19-8-4-5-9-20(19)48)52-43(70)27(51-18(3)56)17(2)80-47-39(35(64)29(58)23(13-55)82-47)86-45-37(66)33(62)31(60)25(84-45)15-78-88(74,75)76/h4-5,8-9,16-17,21-39,44-47,54-55,57-66H,6-7,10-15,48H2,1-3H3,(H2,49,67)(H,50,68)(H,51,56)(H,52,70)(H,53,69)(H2,71,72,73)(H2,74,75,76)/t16-,17-,21+,22-,23-,24-,25-,26+,27+,28-,29-,30-,31-,32+,33+,34+,35+,36+,37+,38+,39+,44-,45-,46+,47+/m1/s1. The van der Waals surface area contributed by atoms with Crippen molar-refractivity contribution in [2.24, 2.45) is 5.73 Å². The molecule has 5 rings (SSSR count). The average molecular weight is 1320 g/mol. The number of ether oxygens (including phenoxy) is 8. The van der Waals surface area contributed by atoms with Gasteiger partial charge in [0.25, 0.3) is 5.91 Å². The molecule has 4 heterocycles. The number of carbonyl (C=O) groups is 5. The van der Waals surface area contributed by atoms with Gasteiger partial charge in [-0.1, -0.05) is 12.1 Å². The second-order valence-corrected chi connectivity index (χ2v) is 23.3. The van der Waals surface area contributed by atoms with Gasteiger partial charge in [-0.2, -0.15) is 0 Å². The van der Waals surface area contributed by atoms with E-state index in [9.17, 15) is 114 Å². The lowest BCUT2D eigenvalue weighted by atomic mass is 9.97. The van der Waals surface area contributed by atoms with E-state index in [2.05, 4.69) is 30.3 Å². The number of hydrogen-bond acceptors (Lipinski definition) is 30. The molecule has 41 heteroatoms. The van der Waals surface area contributed by atoms with E-state index >= 15 is 0 Å². The number of amides is 5. The fraction of sp³-hybridized carbons (Fsp3) is 0.766. The molecule has 24 N–H and O–H groups in total. The van der Waals surface area contributed by atoms with Crippen LogP contribution in [-0.4, -0.2) is 297 Å². The van der Waals surface area contributed by atoms with E-state index in [1.54, 1.807) is 12.1 Å². The molecular formula is C47H78N6O33P2. The molecule has 4 aliphatic rings. The molecule has 25 atom stereocenters. The number of benzene rings is 1. The van der Waals surface area contributed by atoms with Crippen LogP contribution >= 0.6 is 15.6 Å². The van der Waals surface area contributed by atoms with Crippen molar-refractivity contribution in [3.8, 4) is 0 Å². The zero-order chi connectivity index (χ0) is 65.9. The molecule has 1 aromatic rings. The van der Waals surface area contributed by atoms with Crippen LogP contribution in [0.3, 0.4) is 0 Å². The number of phosphoric ester groups is 2. The van der Waals surface area contributed by atoms with E-state index in [1.807, 2.05) is 0 Å². The van der Waals surface area contributed by atoms with Gasteiger partial charge in [0, 0.05) is 19.2 Å². The van der Waals surface area contributed by atoms with Crippen LogP contribution in [0.4, 0.5) is 5.69 Å². The van der Waals surface area contributed by atoms with Crippen LogP contribution in [0.25, 0.3) is 0 Å². The van der Waals surface area contributed by atoms with Crippen molar-refractivity contribution in [2.75, 3.05) is 38.7 Å². The SMILES string of the molecule is CC(=O)N[C@H](C(=O)N[C@@H](CCCCNC(=O)c1ccccc1N)C(=O)N[C@H](C(N)=O)[C@@H](C)O[C@H]1O[C@H](CO)[C@@H](O)[C@H](O)[C@@H]1O[C@H]1O[C@H](COP(=O)(O)O)[C@@H](O)[C@H](O)[C@@H]1O)[C@@H](C)O[C@H]1O[C@H](CO)[C@@H](O)[C@H](O)[C@@H]1O[C@H]1O[C@H](COP(=O)(O)O)[C@@H](O)[C@H](O)[C@@H]1O. The van der Waals surface area contributed by atoms with Gasteiger partial charge in [-0.05, 0) is 45.2 Å². The highest BCUT2D eigenvalue weighted by Gasteiger charge is 2.54. The predicted octanol–water partition coefficient (Wildman–Crippen LogP) is -10.6. The number of aliphatic hydroxyl groups excluding tert-OH is 12. The third-order valence-corrected chi connectivity index (χ3v) is 15.3. The van der Waals surface area contributed by atoms with Gasteiger partial charge in [0.05, 0.1) is 44.2 Å². The number of phosphoric acid groups is 2. The largest absolute Gasteiger partial charge is 0.469 e. The Hall–Kier alpha value is -4.21. The summed E-state index contributed by atoms with van der Waals surface area (Å²) in [4.78, 5) is 105. The second kappa shape index (κ2) is 32.9. The van der Waals surface area contributed by atoms with Gasteiger partial charge < -0.3 is 151 Å². The highest BCUT2D eigenvalue weighted by molar-refractivity contribution is 7.46. The van der Waals surface area contributed by atoms with Crippen molar-refractivity contribution in [3.63, 3.8) is 0 Å². The lowest BCUT2D eigenvalue weighted by molar-refractivity contribution is -0.371. The van der Waals surface area contributed by atoms with E-state index in [4.69, 9.17) is 49.4 Å². The molecule has 4 fully saturated rings. The first-order valence-electron chi connectivity index (χ1n) is 27.1. The summed E-state index contributed by atoms with van der Waals surface area (Å²) in [7, 11) is -10.4. The Morgan fingerprint density at radius 1 is 0.568 bits per heavy atom.